The Morgan fingerprint density at radius 2 is 2.14 bits per heavy atom. The molecule has 4 nitrogen and oxygen atoms in total. The van der Waals surface area contributed by atoms with Crippen LogP contribution in [0.15, 0.2) is 12.3 Å². The van der Waals surface area contributed by atoms with Crippen LogP contribution in [0.3, 0.4) is 0 Å². The van der Waals surface area contributed by atoms with Gasteiger partial charge >= 0.3 is 0 Å². The van der Waals surface area contributed by atoms with Gasteiger partial charge in [-0.1, -0.05) is 12.8 Å². The first-order valence-corrected chi connectivity index (χ1v) is 5.05. The van der Waals surface area contributed by atoms with Crippen LogP contribution in [0, 0.1) is 0 Å². The molecule has 1 saturated carbocycles. The van der Waals surface area contributed by atoms with Gasteiger partial charge in [0.25, 0.3) is 0 Å². The smallest absolute Gasteiger partial charge is 0.221 e. The van der Waals surface area contributed by atoms with Gasteiger partial charge in [-0.25, -0.2) is 4.98 Å². The number of nitrogens with one attached hydrogen (secondary N) is 1. The first-order valence-electron chi connectivity index (χ1n) is 5.05. The predicted octanol–water partition coefficient (Wildman–Crippen LogP) is 1.80. The quantitative estimate of drug-likeness (QED) is 0.750. The number of nitrogens with zero attached hydrogens (tertiary/aromatic N) is 2. The number of anilines is 2. The molecule has 0 bridgehead atoms. The van der Waals surface area contributed by atoms with E-state index in [9.17, 15) is 0 Å². The maximum Gasteiger partial charge on any atom is 0.221 e. The van der Waals surface area contributed by atoms with E-state index in [0.717, 1.165) is 5.82 Å². The van der Waals surface area contributed by atoms with Crippen LogP contribution in [-0.4, -0.2) is 15.5 Å². The summed E-state index contributed by atoms with van der Waals surface area (Å²) in [7, 11) is 0. The zero-order chi connectivity index (χ0) is 10.0. The second-order valence-corrected chi connectivity index (χ2v) is 4.19. The maximum atomic E-state index is 5.51. The molecule has 3 N–H and O–H groups in total. The minimum atomic E-state index is 0.195. The highest BCUT2D eigenvalue weighted by Crippen LogP contribution is 2.31. The molecule has 0 radical (unpaired) electrons. The molecular formula is C10H16N4. The summed E-state index contributed by atoms with van der Waals surface area (Å²) in [6.45, 7) is 2.23. The molecule has 1 aromatic rings. The fourth-order valence-corrected chi connectivity index (χ4v) is 2.03. The van der Waals surface area contributed by atoms with Crippen molar-refractivity contribution >= 4 is 11.8 Å². The lowest BCUT2D eigenvalue weighted by Crippen LogP contribution is -2.31. The van der Waals surface area contributed by atoms with Crippen LogP contribution < -0.4 is 11.1 Å². The molecule has 1 aromatic heterocycles. The minimum Gasteiger partial charge on any atom is -0.368 e. The van der Waals surface area contributed by atoms with Crippen molar-refractivity contribution < 1.29 is 0 Å². The van der Waals surface area contributed by atoms with Crippen molar-refractivity contribution in [2.75, 3.05) is 11.1 Å². The zero-order valence-corrected chi connectivity index (χ0v) is 8.45. The molecule has 0 amide bonds. The highest BCUT2D eigenvalue weighted by Gasteiger charge is 2.28. The highest BCUT2D eigenvalue weighted by atomic mass is 15.1. The Labute approximate surface area is 83.9 Å². The average Bonchev–Trinajstić information content (AvgIpc) is 2.51. The van der Waals surface area contributed by atoms with Gasteiger partial charge in [-0.05, 0) is 25.8 Å². The number of hydrogen-bond donors (Lipinski definition) is 2. The van der Waals surface area contributed by atoms with Gasteiger partial charge in [0.1, 0.15) is 5.82 Å². The number of nitrogens with two attached hydrogens (primary N) is 1. The fourth-order valence-electron chi connectivity index (χ4n) is 2.03. The Bertz CT molecular complexity index is 318. The van der Waals surface area contributed by atoms with Crippen molar-refractivity contribution in [2.24, 2.45) is 0 Å². The van der Waals surface area contributed by atoms with Gasteiger partial charge in [0.15, 0.2) is 0 Å². The summed E-state index contributed by atoms with van der Waals surface area (Å²) in [5.41, 5.74) is 5.71. The third-order valence-electron chi connectivity index (χ3n) is 2.81. The van der Waals surface area contributed by atoms with E-state index in [4.69, 9.17) is 5.73 Å². The molecule has 76 valence electrons. The van der Waals surface area contributed by atoms with Gasteiger partial charge in [-0.15, -0.1) is 0 Å². The summed E-state index contributed by atoms with van der Waals surface area (Å²) >= 11 is 0. The van der Waals surface area contributed by atoms with Crippen molar-refractivity contribution in [2.45, 2.75) is 38.1 Å². The van der Waals surface area contributed by atoms with E-state index < -0.39 is 0 Å². The molecule has 1 aliphatic rings. The molecule has 0 aromatic carbocycles. The van der Waals surface area contributed by atoms with Crippen LogP contribution in [0.1, 0.15) is 32.6 Å². The molecule has 0 aliphatic heterocycles. The van der Waals surface area contributed by atoms with Crippen molar-refractivity contribution in [3.05, 3.63) is 12.3 Å². The van der Waals surface area contributed by atoms with Crippen LogP contribution >= 0.6 is 0 Å². The average molecular weight is 192 g/mol. The van der Waals surface area contributed by atoms with Gasteiger partial charge in [0, 0.05) is 11.7 Å². The van der Waals surface area contributed by atoms with Crippen LogP contribution in [0.25, 0.3) is 0 Å². The van der Waals surface area contributed by atoms with Gasteiger partial charge in [0.2, 0.25) is 5.95 Å². The van der Waals surface area contributed by atoms with E-state index in [0.29, 0.717) is 5.95 Å². The number of aromatic nitrogens is 2. The van der Waals surface area contributed by atoms with Crippen LogP contribution in [0.5, 0.6) is 0 Å². The van der Waals surface area contributed by atoms with E-state index in [1.54, 1.807) is 6.20 Å². The van der Waals surface area contributed by atoms with E-state index in [-0.39, 0.29) is 5.54 Å². The van der Waals surface area contributed by atoms with Crippen molar-refractivity contribution in [1.82, 2.24) is 9.97 Å². The predicted molar refractivity (Wildman–Crippen MR) is 56.9 cm³/mol. The monoisotopic (exact) mass is 192 g/mol. The Balaban J connectivity index is 2.10. The number of nitrogen functional groups attached to an aromatic ring is 1. The fraction of sp³-hybridized carbons (Fsp3) is 0.600. The Hall–Kier alpha value is -1.32. The molecule has 14 heavy (non-hydrogen) atoms. The molecule has 1 heterocycles. The first kappa shape index (κ1) is 9.24. The van der Waals surface area contributed by atoms with Crippen LogP contribution in [-0.2, 0) is 0 Å². The Kier molecular flexibility index (Phi) is 2.27. The summed E-state index contributed by atoms with van der Waals surface area (Å²) in [6, 6.07) is 1.86. The third kappa shape index (κ3) is 1.95. The van der Waals surface area contributed by atoms with Gasteiger partial charge in [-0.2, -0.15) is 4.98 Å². The summed E-state index contributed by atoms with van der Waals surface area (Å²) in [6.07, 6.45) is 6.69. The standard InChI is InChI=1S/C10H16N4/c1-10(5-2-3-6-10)14-8-4-7-12-9(11)13-8/h4,7H,2-3,5-6H2,1H3,(H3,11,12,13,14). The van der Waals surface area contributed by atoms with Gasteiger partial charge in [0.05, 0.1) is 0 Å². The molecule has 0 saturated heterocycles. The first-order chi connectivity index (χ1) is 6.68. The van der Waals surface area contributed by atoms with Gasteiger partial charge in [-0.3, -0.25) is 0 Å². The Morgan fingerprint density at radius 3 is 2.79 bits per heavy atom. The van der Waals surface area contributed by atoms with E-state index in [2.05, 4.69) is 22.2 Å². The van der Waals surface area contributed by atoms with Crippen molar-refractivity contribution in [3.63, 3.8) is 0 Å². The van der Waals surface area contributed by atoms with Crippen molar-refractivity contribution in [1.29, 1.82) is 0 Å². The number of rotatable bonds is 2. The van der Waals surface area contributed by atoms with E-state index >= 15 is 0 Å². The SMILES string of the molecule is CC1(Nc2ccnc(N)n2)CCCC1. The van der Waals surface area contributed by atoms with Crippen LogP contribution in [0.4, 0.5) is 11.8 Å². The maximum absolute atomic E-state index is 5.51. The molecule has 4 heteroatoms. The Morgan fingerprint density at radius 1 is 1.43 bits per heavy atom. The van der Waals surface area contributed by atoms with Crippen molar-refractivity contribution in [3.8, 4) is 0 Å². The third-order valence-corrected chi connectivity index (χ3v) is 2.81. The summed E-state index contributed by atoms with van der Waals surface area (Å²) in [4.78, 5) is 8.00. The summed E-state index contributed by atoms with van der Waals surface area (Å²) in [5, 5.41) is 3.43. The van der Waals surface area contributed by atoms with Gasteiger partial charge < -0.3 is 11.1 Å². The highest BCUT2D eigenvalue weighted by molar-refractivity contribution is 5.40. The lowest BCUT2D eigenvalue weighted by Gasteiger charge is -2.25. The summed E-state index contributed by atoms with van der Waals surface area (Å²) in [5.74, 6) is 1.17. The van der Waals surface area contributed by atoms with E-state index in [1.807, 2.05) is 6.07 Å². The van der Waals surface area contributed by atoms with Crippen LogP contribution in [0.2, 0.25) is 0 Å². The molecule has 2 rings (SSSR count). The number of hydrogen-bond acceptors (Lipinski definition) is 4. The zero-order valence-electron chi connectivity index (χ0n) is 8.45. The molecule has 0 atom stereocenters. The molecule has 1 fully saturated rings. The normalized spacial score (nSPS) is 19.5. The lowest BCUT2D eigenvalue weighted by molar-refractivity contribution is 0.531. The minimum absolute atomic E-state index is 0.195. The largest absolute Gasteiger partial charge is 0.368 e. The molecular weight excluding hydrogens is 176 g/mol. The second-order valence-electron chi connectivity index (χ2n) is 4.19. The molecule has 0 unspecified atom stereocenters. The lowest BCUT2D eigenvalue weighted by atomic mass is 10.0. The molecule has 0 spiro atoms. The van der Waals surface area contributed by atoms with E-state index in [1.165, 1.54) is 25.7 Å². The molecule has 1 aliphatic carbocycles. The second kappa shape index (κ2) is 3.44. The summed E-state index contributed by atoms with van der Waals surface area (Å²) < 4.78 is 0. The topological polar surface area (TPSA) is 63.8 Å².